The molecule has 0 bridgehead atoms. The second-order valence-corrected chi connectivity index (χ2v) is 7.51. The topological polar surface area (TPSA) is 70.6 Å². The lowest BCUT2D eigenvalue weighted by Gasteiger charge is -2.33. The predicted octanol–water partition coefficient (Wildman–Crippen LogP) is 2.88. The largest absolute Gasteiger partial charge is 0.468 e. The van der Waals surface area contributed by atoms with Crippen LogP contribution in [0.2, 0.25) is 0 Å². The number of hydrogen-bond donors (Lipinski definition) is 2. The Hall–Kier alpha value is -2.28. The van der Waals surface area contributed by atoms with Crippen molar-refractivity contribution in [2.45, 2.75) is 52.1 Å². The number of guanidine groups is 1. The Bertz CT molecular complexity index is 730. The molecule has 3 rings (SSSR count). The fourth-order valence-corrected chi connectivity index (χ4v) is 3.87. The van der Waals surface area contributed by atoms with Crippen LogP contribution in [-0.4, -0.2) is 53.9 Å². The third-order valence-corrected chi connectivity index (χ3v) is 5.33. The molecule has 1 fully saturated rings. The summed E-state index contributed by atoms with van der Waals surface area (Å²) < 4.78 is 7.79. The van der Waals surface area contributed by atoms with Crippen LogP contribution in [-0.2, 0) is 6.54 Å². The maximum absolute atomic E-state index is 5.72. The number of aromatic nitrogens is 2. The average Bonchev–Trinajstić information content (AvgIpc) is 3.34. The number of nitrogens with one attached hydrogen (secondary N) is 2. The van der Waals surface area contributed by atoms with Crippen molar-refractivity contribution in [1.29, 1.82) is 0 Å². The van der Waals surface area contributed by atoms with Crippen LogP contribution < -0.4 is 10.6 Å². The van der Waals surface area contributed by atoms with Crippen molar-refractivity contribution in [2.24, 2.45) is 4.99 Å². The molecule has 1 atom stereocenters. The first kappa shape index (κ1) is 20.5. The molecular formula is C21H34N6O. The summed E-state index contributed by atoms with van der Waals surface area (Å²) >= 11 is 0. The molecule has 7 nitrogen and oxygen atoms in total. The predicted molar refractivity (Wildman–Crippen MR) is 113 cm³/mol. The van der Waals surface area contributed by atoms with Gasteiger partial charge in [0.2, 0.25) is 0 Å². The van der Waals surface area contributed by atoms with Gasteiger partial charge in [-0.3, -0.25) is 14.6 Å². The molecule has 0 spiro atoms. The third-order valence-electron chi connectivity index (χ3n) is 5.33. The van der Waals surface area contributed by atoms with Crippen LogP contribution in [0.15, 0.2) is 33.9 Å². The summed E-state index contributed by atoms with van der Waals surface area (Å²) in [5, 5.41) is 11.4. The van der Waals surface area contributed by atoms with E-state index in [1.807, 2.05) is 20.0 Å². The van der Waals surface area contributed by atoms with Crippen molar-refractivity contribution in [2.75, 3.05) is 33.2 Å². The van der Waals surface area contributed by atoms with E-state index in [9.17, 15) is 0 Å². The van der Waals surface area contributed by atoms with E-state index in [1.165, 1.54) is 25.0 Å². The number of aryl methyl sites for hydroxylation is 3. The van der Waals surface area contributed by atoms with E-state index in [0.717, 1.165) is 56.6 Å². The smallest absolute Gasteiger partial charge is 0.191 e. The Morgan fingerprint density at radius 1 is 1.25 bits per heavy atom. The minimum Gasteiger partial charge on any atom is -0.468 e. The third kappa shape index (κ3) is 5.61. The van der Waals surface area contributed by atoms with Crippen LogP contribution in [0.5, 0.6) is 0 Å². The highest BCUT2D eigenvalue weighted by Crippen LogP contribution is 2.24. The number of nitrogens with zero attached hydrogens (tertiary/aromatic N) is 4. The lowest BCUT2D eigenvalue weighted by atomic mass is 10.1. The molecule has 3 heterocycles. The molecule has 7 heteroatoms. The first-order chi connectivity index (χ1) is 13.7. The minimum absolute atomic E-state index is 0.239. The quantitative estimate of drug-likeness (QED) is 0.415. The SMILES string of the molecule is CN=C(NCCCn1nc(C)cc1C)NCC(c1ccco1)N1CCCCC1. The lowest BCUT2D eigenvalue weighted by Crippen LogP contribution is -2.44. The van der Waals surface area contributed by atoms with Crippen LogP contribution in [0.3, 0.4) is 0 Å². The van der Waals surface area contributed by atoms with Crippen LogP contribution in [0.1, 0.15) is 48.9 Å². The zero-order valence-corrected chi connectivity index (χ0v) is 17.4. The van der Waals surface area contributed by atoms with Crippen molar-refractivity contribution in [1.82, 2.24) is 25.3 Å². The Morgan fingerprint density at radius 3 is 2.71 bits per heavy atom. The van der Waals surface area contributed by atoms with Crippen LogP contribution in [0.4, 0.5) is 0 Å². The van der Waals surface area contributed by atoms with Gasteiger partial charge in [0.1, 0.15) is 5.76 Å². The lowest BCUT2D eigenvalue weighted by molar-refractivity contribution is 0.146. The van der Waals surface area contributed by atoms with Crippen molar-refractivity contribution in [3.8, 4) is 0 Å². The second kappa shape index (κ2) is 10.3. The molecule has 0 aromatic carbocycles. The number of piperidine rings is 1. The fraction of sp³-hybridized carbons (Fsp3) is 0.619. The van der Waals surface area contributed by atoms with Gasteiger partial charge in [-0.1, -0.05) is 6.42 Å². The van der Waals surface area contributed by atoms with Crippen LogP contribution in [0.25, 0.3) is 0 Å². The summed E-state index contributed by atoms with van der Waals surface area (Å²) in [6.45, 7) is 8.93. The molecule has 1 saturated heterocycles. The van der Waals surface area contributed by atoms with Gasteiger partial charge in [0, 0.05) is 32.4 Å². The molecule has 1 unspecified atom stereocenters. The van der Waals surface area contributed by atoms with Crippen LogP contribution in [0, 0.1) is 13.8 Å². The molecule has 0 amide bonds. The number of hydrogen-bond acceptors (Lipinski definition) is 4. The van der Waals surface area contributed by atoms with Gasteiger partial charge in [-0.2, -0.15) is 5.10 Å². The van der Waals surface area contributed by atoms with Crippen molar-refractivity contribution < 1.29 is 4.42 Å². The highest BCUT2D eigenvalue weighted by Gasteiger charge is 2.24. The zero-order chi connectivity index (χ0) is 19.8. The highest BCUT2D eigenvalue weighted by atomic mass is 16.3. The molecule has 2 N–H and O–H groups in total. The second-order valence-electron chi connectivity index (χ2n) is 7.51. The van der Waals surface area contributed by atoms with Crippen molar-refractivity contribution in [3.05, 3.63) is 41.6 Å². The van der Waals surface area contributed by atoms with Gasteiger partial charge >= 0.3 is 0 Å². The van der Waals surface area contributed by atoms with Gasteiger partial charge in [0.05, 0.1) is 18.0 Å². The van der Waals surface area contributed by atoms with E-state index >= 15 is 0 Å². The summed E-state index contributed by atoms with van der Waals surface area (Å²) in [4.78, 5) is 6.89. The molecule has 0 aliphatic carbocycles. The standard InChI is InChI=1S/C21H34N6O/c1-17-15-18(2)27(25-17)13-8-10-23-21(22-3)24-16-19(20-9-7-14-28-20)26-11-5-4-6-12-26/h7,9,14-15,19H,4-6,8,10-13,16H2,1-3H3,(H2,22,23,24). The van der Waals surface area contributed by atoms with E-state index in [4.69, 9.17) is 4.42 Å². The number of rotatable bonds is 8. The maximum atomic E-state index is 5.72. The number of aliphatic imine (C=N–C) groups is 1. The van der Waals surface area contributed by atoms with Gasteiger partial charge in [-0.05, 0) is 64.4 Å². The minimum atomic E-state index is 0.239. The Morgan fingerprint density at radius 2 is 2.07 bits per heavy atom. The summed E-state index contributed by atoms with van der Waals surface area (Å²) in [6, 6.07) is 6.40. The van der Waals surface area contributed by atoms with E-state index in [0.29, 0.717) is 0 Å². The molecule has 2 aromatic heterocycles. The summed E-state index contributed by atoms with van der Waals surface area (Å²) in [7, 11) is 1.82. The summed E-state index contributed by atoms with van der Waals surface area (Å²) in [5.74, 6) is 1.86. The van der Waals surface area contributed by atoms with E-state index < -0.39 is 0 Å². The maximum Gasteiger partial charge on any atom is 0.191 e. The Balaban J connectivity index is 1.46. The number of furan rings is 1. The molecule has 1 aliphatic heterocycles. The van der Waals surface area contributed by atoms with Gasteiger partial charge in [-0.25, -0.2) is 0 Å². The van der Waals surface area contributed by atoms with Crippen molar-refractivity contribution in [3.63, 3.8) is 0 Å². The fourth-order valence-electron chi connectivity index (χ4n) is 3.87. The first-order valence-corrected chi connectivity index (χ1v) is 10.4. The zero-order valence-electron chi connectivity index (χ0n) is 17.4. The normalized spacial score (nSPS) is 16.9. The monoisotopic (exact) mass is 386 g/mol. The molecule has 154 valence electrons. The Labute approximate surface area is 168 Å². The molecule has 28 heavy (non-hydrogen) atoms. The molecule has 0 radical (unpaired) electrons. The molecule has 0 saturated carbocycles. The summed E-state index contributed by atoms with van der Waals surface area (Å²) in [5.41, 5.74) is 2.28. The van der Waals surface area contributed by atoms with E-state index in [2.05, 4.69) is 49.4 Å². The molecular weight excluding hydrogens is 352 g/mol. The van der Waals surface area contributed by atoms with Crippen LogP contribution >= 0.6 is 0 Å². The number of likely N-dealkylation sites (tertiary alicyclic amines) is 1. The highest BCUT2D eigenvalue weighted by molar-refractivity contribution is 5.79. The average molecular weight is 387 g/mol. The molecule has 1 aliphatic rings. The van der Waals surface area contributed by atoms with Gasteiger partial charge in [0.15, 0.2) is 5.96 Å². The molecule has 2 aromatic rings. The Kier molecular flexibility index (Phi) is 7.54. The van der Waals surface area contributed by atoms with E-state index in [1.54, 1.807) is 6.26 Å². The van der Waals surface area contributed by atoms with Gasteiger partial charge in [0.25, 0.3) is 0 Å². The van der Waals surface area contributed by atoms with Gasteiger partial charge < -0.3 is 15.1 Å². The van der Waals surface area contributed by atoms with Gasteiger partial charge in [-0.15, -0.1) is 0 Å². The van der Waals surface area contributed by atoms with Crippen molar-refractivity contribution >= 4 is 5.96 Å². The van der Waals surface area contributed by atoms with E-state index in [-0.39, 0.29) is 6.04 Å². The first-order valence-electron chi connectivity index (χ1n) is 10.4. The summed E-state index contributed by atoms with van der Waals surface area (Å²) in [6.07, 6.45) is 6.61.